The van der Waals surface area contributed by atoms with E-state index in [1.165, 1.54) is 36.8 Å². The van der Waals surface area contributed by atoms with Crippen molar-refractivity contribution in [1.82, 2.24) is 5.32 Å². The van der Waals surface area contributed by atoms with Gasteiger partial charge in [-0.25, -0.2) is 0 Å². The minimum atomic E-state index is 0.449. The Labute approximate surface area is 105 Å². The Morgan fingerprint density at radius 3 is 2.41 bits per heavy atom. The van der Waals surface area contributed by atoms with E-state index in [1.54, 1.807) is 0 Å². The zero-order chi connectivity index (χ0) is 12.1. The molecule has 0 atom stereocenters. The van der Waals surface area contributed by atoms with Crippen LogP contribution in [0.3, 0.4) is 0 Å². The van der Waals surface area contributed by atoms with Gasteiger partial charge in [-0.1, -0.05) is 29.8 Å². The van der Waals surface area contributed by atoms with Gasteiger partial charge >= 0.3 is 0 Å². The lowest BCUT2D eigenvalue weighted by Gasteiger charge is -2.26. The first kappa shape index (κ1) is 12.6. The second kappa shape index (κ2) is 6.18. The van der Waals surface area contributed by atoms with Gasteiger partial charge in [0.2, 0.25) is 0 Å². The first-order valence-corrected chi connectivity index (χ1v) is 6.78. The molecule has 0 saturated heterocycles. The predicted octanol–water partition coefficient (Wildman–Crippen LogP) is 2.40. The molecule has 1 saturated carbocycles. The summed E-state index contributed by atoms with van der Waals surface area (Å²) in [5.74, 6) is 0. The minimum absolute atomic E-state index is 0.449. The van der Waals surface area contributed by atoms with E-state index in [0.29, 0.717) is 12.1 Å². The number of benzene rings is 1. The minimum Gasteiger partial charge on any atom is -0.328 e. The van der Waals surface area contributed by atoms with Crippen molar-refractivity contribution >= 4 is 0 Å². The quantitative estimate of drug-likeness (QED) is 0.836. The van der Waals surface area contributed by atoms with Crippen LogP contribution in [0.2, 0.25) is 0 Å². The molecule has 0 radical (unpaired) electrons. The van der Waals surface area contributed by atoms with Gasteiger partial charge in [0, 0.05) is 12.1 Å². The van der Waals surface area contributed by atoms with E-state index in [9.17, 15) is 0 Å². The summed E-state index contributed by atoms with van der Waals surface area (Å²) in [7, 11) is 0. The van der Waals surface area contributed by atoms with Crippen LogP contribution in [0.25, 0.3) is 0 Å². The van der Waals surface area contributed by atoms with Crippen molar-refractivity contribution in [1.29, 1.82) is 0 Å². The number of hydrogen-bond acceptors (Lipinski definition) is 2. The van der Waals surface area contributed by atoms with Gasteiger partial charge in [0.15, 0.2) is 0 Å². The molecule has 0 spiro atoms. The van der Waals surface area contributed by atoms with Gasteiger partial charge in [0.05, 0.1) is 0 Å². The third-order valence-corrected chi connectivity index (χ3v) is 3.74. The molecule has 1 aliphatic carbocycles. The third kappa shape index (κ3) is 4.14. The van der Waals surface area contributed by atoms with Crippen LogP contribution in [0.15, 0.2) is 24.3 Å². The first-order chi connectivity index (χ1) is 8.24. The van der Waals surface area contributed by atoms with Crippen molar-refractivity contribution in [2.45, 2.75) is 51.1 Å². The van der Waals surface area contributed by atoms with Crippen LogP contribution in [0, 0.1) is 6.92 Å². The van der Waals surface area contributed by atoms with Crippen LogP contribution in [-0.4, -0.2) is 18.6 Å². The first-order valence-electron chi connectivity index (χ1n) is 6.78. The molecule has 0 heterocycles. The van der Waals surface area contributed by atoms with Gasteiger partial charge in [-0.15, -0.1) is 0 Å². The van der Waals surface area contributed by atoms with Gasteiger partial charge in [-0.3, -0.25) is 0 Å². The molecule has 0 amide bonds. The summed E-state index contributed by atoms with van der Waals surface area (Å²) in [6.45, 7) is 3.22. The molecule has 0 bridgehead atoms. The van der Waals surface area contributed by atoms with Gasteiger partial charge in [0.1, 0.15) is 0 Å². The Bertz CT molecular complexity index is 323. The molecule has 1 aliphatic rings. The number of nitrogens with two attached hydrogens (primary N) is 1. The lowest BCUT2D eigenvalue weighted by atomic mass is 9.92. The van der Waals surface area contributed by atoms with Crippen molar-refractivity contribution in [3.05, 3.63) is 35.4 Å². The molecular weight excluding hydrogens is 208 g/mol. The van der Waals surface area contributed by atoms with E-state index in [0.717, 1.165) is 13.0 Å². The number of nitrogens with one attached hydrogen (secondary N) is 1. The molecule has 94 valence electrons. The molecule has 17 heavy (non-hydrogen) atoms. The summed E-state index contributed by atoms with van der Waals surface area (Å²) in [6.07, 6.45) is 5.98. The van der Waals surface area contributed by atoms with Crippen molar-refractivity contribution in [2.24, 2.45) is 5.73 Å². The highest BCUT2D eigenvalue weighted by Gasteiger charge is 2.17. The summed E-state index contributed by atoms with van der Waals surface area (Å²) in [4.78, 5) is 0. The standard InChI is InChI=1S/C15H24N2/c1-12-2-4-13(5-3-12)10-11-17-15-8-6-14(16)7-9-15/h2-5,14-15,17H,6-11,16H2,1H3/t14-,15+. The molecule has 1 fully saturated rings. The van der Waals surface area contributed by atoms with Crippen molar-refractivity contribution in [3.63, 3.8) is 0 Å². The maximum absolute atomic E-state index is 5.90. The third-order valence-electron chi connectivity index (χ3n) is 3.74. The SMILES string of the molecule is Cc1ccc(CCN[C@H]2CC[C@@H](N)CC2)cc1. The summed E-state index contributed by atoms with van der Waals surface area (Å²) in [5, 5.41) is 3.65. The van der Waals surface area contributed by atoms with Crippen LogP contribution in [0.4, 0.5) is 0 Å². The fourth-order valence-corrected chi connectivity index (χ4v) is 2.50. The Kier molecular flexibility index (Phi) is 4.57. The van der Waals surface area contributed by atoms with Crippen LogP contribution in [0.1, 0.15) is 36.8 Å². The van der Waals surface area contributed by atoms with Crippen LogP contribution in [-0.2, 0) is 6.42 Å². The van der Waals surface area contributed by atoms with Gasteiger partial charge in [-0.05, 0) is 51.1 Å². The molecule has 2 nitrogen and oxygen atoms in total. The Hall–Kier alpha value is -0.860. The molecule has 0 unspecified atom stereocenters. The highest BCUT2D eigenvalue weighted by Crippen LogP contribution is 2.16. The van der Waals surface area contributed by atoms with Crippen LogP contribution < -0.4 is 11.1 Å². The smallest absolute Gasteiger partial charge is 0.00683 e. The van der Waals surface area contributed by atoms with Gasteiger partial charge in [-0.2, -0.15) is 0 Å². The molecule has 0 aliphatic heterocycles. The van der Waals surface area contributed by atoms with Crippen molar-refractivity contribution in [2.75, 3.05) is 6.54 Å². The number of aryl methyl sites for hydroxylation is 1. The topological polar surface area (TPSA) is 38.0 Å². The summed E-state index contributed by atoms with van der Waals surface area (Å²) >= 11 is 0. The zero-order valence-corrected chi connectivity index (χ0v) is 10.8. The summed E-state index contributed by atoms with van der Waals surface area (Å²) < 4.78 is 0. The van der Waals surface area contributed by atoms with Gasteiger partial charge in [0.25, 0.3) is 0 Å². The average Bonchev–Trinajstić information content (AvgIpc) is 2.34. The van der Waals surface area contributed by atoms with Crippen molar-refractivity contribution in [3.8, 4) is 0 Å². The largest absolute Gasteiger partial charge is 0.328 e. The lowest BCUT2D eigenvalue weighted by Crippen LogP contribution is -2.38. The summed E-state index contributed by atoms with van der Waals surface area (Å²) in [5.41, 5.74) is 8.67. The van der Waals surface area contributed by atoms with E-state index in [-0.39, 0.29) is 0 Å². The van der Waals surface area contributed by atoms with Gasteiger partial charge < -0.3 is 11.1 Å². The predicted molar refractivity (Wildman–Crippen MR) is 73.1 cm³/mol. The molecule has 0 aromatic heterocycles. The van der Waals surface area contributed by atoms with Crippen molar-refractivity contribution < 1.29 is 0 Å². The second-order valence-corrected chi connectivity index (χ2v) is 5.30. The monoisotopic (exact) mass is 232 g/mol. The normalized spacial score (nSPS) is 24.8. The van der Waals surface area contributed by atoms with Crippen LogP contribution in [0.5, 0.6) is 0 Å². The molecule has 2 rings (SSSR count). The molecule has 2 heteroatoms. The molecular formula is C15H24N2. The van der Waals surface area contributed by atoms with E-state index in [1.807, 2.05) is 0 Å². The van der Waals surface area contributed by atoms with E-state index >= 15 is 0 Å². The summed E-state index contributed by atoms with van der Waals surface area (Å²) in [6, 6.07) is 9.98. The van der Waals surface area contributed by atoms with E-state index in [2.05, 4.69) is 36.5 Å². The maximum atomic E-state index is 5.90. The Balaban J connectivity index is 1.67. The fourth-order valence-electron chi connectivity index (χ4n) is 2.50. The highest BCUT2D eigenvalue weighted by molar-refractivity contribution is 5.21. The Morgan fingerprint density at radius 1 is 1.12 bits per heavy atom. The van der Waals surface area contributed by atoms with Crippen LogP contribution >= 0.6 is 0 Å². The number of hydrogen-bond donors (Lipinski definition) is 2. The maximum Gasteiger partial charge on any atom is 0.00683 e. The molecule has 1 aromatic rings. The Morgan fingerprint density at radius 2 is 1.76 bits per heavy atom. The highest BCUT2D eigenvalue weighted by atomic mass is 14.9. The van der Waals surface area contributed by atoms with E-state index in [4.69, 9.17) is 5.73 Å². The lowest BCUT2D eigenvalue weighted by molar-refractivity contribution is 0.344. The second-order valence-electron chi connectivity index (χ2n) is 5.30. The fraction of sp³-hybridized carbons (Fsp3) is 0.600. The zero-order valence-electron chi connectivity index (χ0n) is 10.8. The number of rotatable bonds is 4. The molecule has 1 aromatic carbocycles. The molecule has 3 N–H and O–H groups in total. The van der Waals surface area contributed by atoms with E-state index < -0.39 is 0 Å². The average molecular weight is 232 g/mol.